The van der Waals surface area contributed by atoms with Gasteiger partial charge in [0.1, 0.15) is 17.5 Å². The summed E-state index contributed by atoms with van der Waals surface area (Å²) in [6.07, 6.45) is 1.03. The highest BCUT2D eigenvalue weighted by Gasteiger charge is 2.29. The molecule has 2 aromatic rings. The summed E-state index contributed by atoms with van der Waals surface area (Å²) in [7, 11) is -3.51. The second-order valence-corrected chi connectivity index (χ2v) is 9.11. The molecule has 1 fully saturated rings. The zero-order valence-electron chi connectivity index (χ0n) is 15.8. The number of piperazine rings is 1. The maximum absolute atomic E-state index is 13.1. The van der Waals surface area contributed by atoms with Crippen molar-refractivity contribution in [1.82, 2.24) is 0 Å². The topological polar surface area (TPSA) is 85.0 Å². The number of nitro groups is 1. The van der Waals surface area contributed by atoms with Crippen LogP contribution in [0.2, 0.25) is 0 Å². The Kier molecular flexibility index (Phi) is 5.66. The Labute approximate surface area is 163 Å². The van der Waals surface area contributed by atoms with Crippen LogP contribution in [-0.4, -0.2) is 45.8 Å². The van der Waals surface area contributed by atoms with Gasteiger partial charge in [0.25, 0.3) is 5.69 Å². The fraction of sp³-hybridized carbons (Fsp3) is 0.368. The van der Waals surface area contributed by atoms with Crippen molar-refractivity contribution >= 4 is 21.2 Å². The molecule has 1 N–H and O–H groups in total. The lowest BCUT2D eigenvalue weighted by Gasteiger charge is -2.36. The minimum Gasteiger partial charge on any atom is -0.355 e. The van der Waals surface area contributed by atoms with Gasteiger partial charge < -0.3 is 9.80 Å². The Morgan fingerprint density at radius 3 is 2.29 bits per heavy atom. The molecule has 150 valence electrons. The largest absolute Gasteiger partial charge is 0.355 e. The van der Waals surface area contributed by atoms with Gasteiger partial charge in [-0.15, -0.1) is 0 Å². The normalized spacial score (nSPS) is 16.8. The summed E-state index contributed by atoms with van der Waals surface area (Å²) in [4.78, 5) is 14.1. The molecule has 9 heteroatoms. The smallest absolute Gasteiger partial charge is 0.293 e. The third kappa shape index (κ3) is 4.31. The van der Waals surface area contributed by atoms with E-state index in [0.29, 0.717) is 18.8 Å². The molecule has 7 nitrogen and oxygen atoms in total. The first-order valence-corrected chi connectivity index (χ1v) is 10.9. The van der Waals surface area contributed by atoms with Crippen LogP contribution in [0.1, 0.15) is 18.5 Å². The number of nitrogens with zero attached hydrogens (tertiary/aromatic N) is 2. The van der Waals surface area contributed by atoms with Crippen molar-refractivity contribution in [2.45, 2.75) is 17.9 Å². The van der Waals surface area contributed by atoms with Gasteiger partial charge >= 0.3 is 0 Å². The molecule has 0 radical (unpaired) electrons. The Bertz CT molecular complexity index is 971. The van der Waals surface area contributed by atoms with Crippen LogP contribution in [0, 0.1) is 15.9 Å². The molecule has 1 aliphatic heterocycles. The van der Waals surface area contributed by atoms with Crippen LogP contribution in [0.25, 0.3) is 0 Å². The molecule has 1 saturated heterocycles. The van der Waals surface area contributed by atoms with Crippen LogP contribution < -0.4 is 9.80 Å². The number of benzene rings is 2. The number of nitro benzene ring substituents is 1. The zero-order chi connectivity index (χ0) is 20.5. The number of rotatable bonds is 5. The Morgan fingerprint density at radius 2 is 1.75 bits per heavy atom. The molecule has 2 aromatic carbocycles. The zero-order valence-corrected chi connectivity index (χ0v) is 16.6. The second kappa shape index (κ2) is 7.84. The van der Waals surface area contributed by atoms with Crippen molar-refractivity contribution in [2.24, 2.45) is 0 Å². The van der Waals surface area contributed by atoms with Gasteiger partial charge in [-0.2, -0.15) is 0 Å². The maximum Gasteiger partial charge on any atom is 0.293 e. The predicted octanol–water partition coefficient (Wildman–Crippen LogP) is 1.60. The summed E-state index contributed by atoms with van der Waals surface area (Å²) in [5, 5.41) is 11.5. The van der Waals surface area contributed by atoms with Crippen LogP contribution in [0.4, 0.5) is 15.8 Å². The predicted molar refractivity (Wildman–Crippen MR) is 104 cm³/mol. The van der Waals surface area contributed by atoms with Gasteiger partial charge in [0.05, 0.1) is 36.0 Å². The molecule has 0 bridgehead atoms. The number of hydrogen-bond acceptors (Lipinski definition) is 5. The molecule has 0 spiro atoms. The first-order chi connectivity index (χ1) is 13.2. The van der Waals surface area contributed by atoms with Gasteiger partial charge in [0.2, 0.25) is 0 Å². The van der Waals surface area contributed by atoms with Crippen molar-refractivity contribution in [3.05, 3.63) is 64.0 Å². The van der Waals surface area contributed by atoms with Crippen LogP contribution in [0.5, 0.6) is 0 Å². The number of hydrogen-bond donors (Lipinski definition) is 1. The van der Waals surface area contributed by atoms with E-state index >= 15 is 0 Å². The van der Waals surface area contributed by atoms with Crippen molar-refractivity contribution in [3.8, 4) is 0 Å². The molecule has 0 unspecified atom stereocenters. The quantitative estimate of drug-likeness (QED) is 0.600. The van der Waals surface area contributed by atoms with Crippen LogP contribution in [-0.2, 0) is 9.84 Å². The molecule has 0 amide bonds. The minimum absolute atomic E-state index is 0.0582. The number of anilines is 1. The van der Waals surface area contributed by atoms with Gasteiger partial charge in [-0.3, -0.25) is 10.1 Å². The van der Waals surface area contributed by atoms with E-state index in [1.807, 2.05) is 4.90 Å². The van der Waals surface area contributed by atoms with Gasteiger partial charge in [-0.1, -0.05) is 12.1 Å². The van der Waals surface area contributed by atoms with E-state index in [-0.39, 0.29) is 22.4 Å². The highest BCUT2D eigenvalue weighted by molar-refractivity contribution is 7.90. The van der Waals surface area contributed by atoms with E-state index in [1.165, 1.54) is 29.2 Å². The number of sulfone groups is 1. The minimum atomic E-state index is -3.51. The second-order valence-electron chi connectivity index (χ2n) is 7.10. The maximum atomic E-state index is 13.1. The lowest BCUT2D eigenvalue weighted by molar-refractivity contribution is -0.930. The van der Waals surface area contributed by atoms with Crippen LogP contribution in [0.15, 0.2) is 47.4 Å². The third-order valence-corrected chi connectivity index (χ3v) is 6.41. The molecule has 3 rings (SSSR count). The first-order valence-electron chi connectivity index (χ1n) is 9.00. The van der Waals surface area contributed by atoms with Crippen LogP contribution in [0.3, 0.4) is 0 Å². The average molecular weight is 408 g/mol. The number of halogens is 1. The summed E-state index contributed by atoms with van der Waals surface area (Å²) >= 11 is 0. The molecular weight excluding hydrogens is 385 g/mol. The summed E-state index contributed by atoms with van der Waals surface area (Å²) in [6, 6.07) is 10.7. The molecule has 0 saturated carbocycles. The summed E-state index contributed by atoms with van der Waals surface area (Å²) in [6.45, 7) is 4.84. The van der Waals surface area contributed by atoms with Crippen molar-refractivity contribution < 1.29 is 22.6 Å². The van der Waals surface area contributed by atoms with Gasteiger partial charge in [0, 0.05) is 17.9 Å². The molecule has 1 atom stereocenters. The molecule has 0 aliphatic carbocycles. The fourth-order valence-corrected chi connectivity index (χ4v) is 4.24. The number of quaternary nitrogens is 1. The van der Waals surface area contributed by atoms with Crippen LogP contribution >= 0.6 is 0 Å². The molecule has 1 heterocycles. The third-order valence-electron chi connectivity index (χ3n) is 5.30. The lowest BCUT2D eigenvalue weighted by Crippen LogP contribution is -3.14. The molecular formula is C19H23FN3O4S+. The highest BCUT2D eigenvalue weighted by Crippen LogP contribution is 2.31. The van der Waals surface area contributed by atoms with E-state index in [4.69, 9.17) is 0 Å². The first kappa shape index (κ1) is 20.2. The van der Waals surface area contributed by atoms with Gasteiger partial charge in [-0.25, -0.2) is 12.8 Å². The molecule has 28 heavy (non-hydrogen) atoms. The van der Waals surface area contributed by atoms with E-state index in [0.717, 1.165) is 31.0 Å². The summed E-state index contributed by atoms with van der Waals surface area (Å²) in [5.41, 5.74) is 1.29. The fourth-order valence-electron chi connectivity index (χ4n) is 3.60. The van der Waals surface area contributed by atoms with E-state index in [1.54, 1.807) is 12.1 Å². The van der Waals surface area contributed by atoms with E-state index < -0.39 is 14.8 Å². The SMILES string of the molecule is C[C@@H](c1ccc(F)cc1)[NH+]1CCN(c2ccc(S(C)(=O)=O)cc2[N+](=O)[O-])CC1. The Balaban J connectivity index is 1.76. The van der Waals surface area contributed by atoms with Gasteiger partial charge in [0.15, 0.2) is 9.84 Å². The Hall–Kier alpha value is -2.52. The highest BCUT2D eigenvalue weighted by atomic mass is 32.2. The lowest BCUT2D eigenvalue weighted by atomic mass is 10.1. The molecule has 1 aliphatic rings. The van der Waals surface area contributed by atoms with E-state index in [2.05, 4.69) is 6.92 Å². The van der Waals surface area contributed by atoms with Crippen molar-refractivity contribution in [1.29, 1.82) is 0 Å². The standard InChI is InChI=1S/C19H22FN3O4S/c1-14(15-3-5-16(20)6-4-15)21-9-11-22(12-10-21)18-8-7-17(28(2,26)27)13-19(18)23(24)25/h3-8,13-14H,9-12H2,1-2H3/p+1/t14-/m0/s1. The monoisotopic (exact) mass is 408 g/mol. The van der Waals surface area contributed by atoms with Gasteiger partial charge in [-0.05, 0) is 31.2 Å². The number of nitrogens with one attached hydrogen (secondary N) is 1. The summed E-state index contributed by atoms with van der Waals surface area (Å²) in [5.74, 6) is -0.263. The summed E-state index contributed by atoms with van der Waals surface area (Å²) < 4.78 is 36.5. The Morgan fingerprint density at radius 1 is 1.14 bits per heavy atom. The van der Waals surface area contributed by atoms with Crippen molar-refractivity contribution in [3.63, 3.8) is 0 Å². The van der Waals surface area contributed by atoms with E-state index in [9.17, 15) is 22.9 Å². The average Bonchev–Trinajstić information content (AvgIpc) is 2.67. The molecule has 0 aromatic heterocycles. The van der Waals surface area contributed by atoms with Crippen molar-refractivity contribution in [2.75, 3.05) is 37.3 Å².